The molecule has 0 saturated carbocycles. The Kier molecular flexibility index (Phi) is 4.75. The fourth-order valence-electron chi connectivity index (χ4n) is 1.78. The largest absolute Gasteiger partial charge is 0.279 e. The molecule has 0 atom stereocenters. The van der Waals surface area contributed by atoms with Gasteiger partial charge in [0.2, 0.25) is 0 Å². The van der Waals surface area contributed by atoms with Crippen molar-refractivity contribution in [3.05, 3.63) is 56.2 Å². The summed E-state index contributed by atoms with van der Waals surface area (Å²) in [5.74, 6) is -0.408. The van der Waals surface area contributed by atoms with E-state index in [-0.39, 0.29) is 4.90 Å². The van der Waals surface area contributed by atoms with Crippen molar-refractivity contribution >= 4 is 47.6 Å². The highest BCUT2D eigenvalue weighted by Crippen LogP contribution is 2.30. The maximum atomic E-state index is 13.1. The average molecular weight is 437 g/mol. The first kappa shape index (κ1) is 16.5. The van der Waals surface area contributed by atoms with Crippen molar-refractivity contribution in [2.75, 3.05) is 4.72 Å². The molecule has 0 aliphatic carbocycles. The van der Waals surface area contributed by atoms with Crippen molar-refractivity contribution in [1.82, 2.24) is 0 Å². The molecule has 21 heavy (non-hydrogen) atoms. The van der Waals surface area contributed by atoms with Crippen LogP contribution in [0.25, 0.3) is 0 Å². The first-order valence-electron chi connectivity index (χ1n) is 5.95. The van der Waals surface area contributed by atoms with E-state index in [1.807, 2.05) is 6.92 Å². The summed E-state index contributed by atoms with van der Waals surface area (Å²) in [6.45, 7) is 3.50. The van der Waals surface area contributed by atoms with Crippen molar-refractivity contribution < 1.29 is 12.8 Å². The predicted molar refractivity (Wildman–Crippen MR) is 88.5 cm³/mol. The second-order valence-electron chi connectivity index (χ2n) is 4.60. The topological polar surface area (TPSA) is 46.2 Å². The van der Waals surface area contributed by atoms with Gasteiger partial charge in [-0.15, -0.1) is 0 Å². The van der Waals surface area contributed by atoms with Gasteiger partial charge in [0, 0.05) is 8.95 Å². The molecule has 0 fully saturated rings. The third kappa shape index (κ3) is 3.64. The maximum absolute atomic E-state index is 13.1. The normalized spacial score (nSPS) is 11.5. The first-order chi connectivity index (χ1) is 9.70. The minimum Gasteiger partial charge on any atom is -0.279 e. The van der Waals surface area contributed by atoms with Gasteiger partial charge in [-0.1, -0.05) is 15.9 Å². The summed E-state index contributed by atoms with van der Waals surface area (Å²) < 4.78 is 41.6. The predicted octanol–water partition coefficient (Wildman–Crippen LogP) is 4.77. The molecule has 0 bridgehead atoms. The van der Waals surface area contributed by atoms with Gasteiger partial charge in [-0.3, -0.25) is 4.72 Å². The van der Waals surface area contributed by atoms with Crippen LogP contribution in [0, 0.1) is 19.7 Å². The third-order valence-electron chi connectivity index (χ3n) is 2.94. The van der Waals surface area contributed by atoms with Gasteiger partial charge in [0.05, 0.1) is 5.69 Å². The van der Waals surface area contributed by atoms with E-state index in [1.165, 1.54) is 24.3 Å². The summed E-state index contributed by atoms with van der Waals surface area (Å²) in [6.07, 6.45) is 0. The zero-order chi connectivity index (χ0) is 15.8. The number of sulfonamides is 1. The number of benzene rings is 2. The number of anilines is 1. The Morgan fingerprint density at radius 2 is 1.67 bits per heavy atom. The standard InChI is InChI=1S/C14H12Br2FNO2S/c1-8-6-12(16)14(7-11(8)15)21(19,20)18-13-4-3-10(17)5-9(13)2/h3-7,18H,1-2H3. The van der Waals surface area contributed by atoms with Crippen LogP contribution in [0.4, 0.5) is 10.1 Å². The molecule has 1 N–H and O–H groups in total. The van der Waals surface area contributed by atoms with Gasteiger partial charge < -0.3 is 0 Å². The van der Waals surface area contributed by atoms with Crippen LogP contribution in [0.1, 0.15) is 11.1 Å². The molecule has 2 aromatic carbocycles. The van der Waals surface area contributed by atoms with Gasteiger partial charge in [0.25, 0.3) is 10.0 Å². The van der Waals surface area contributed by atoms with Crippen LogP contribution in [0.5, 0.6) is 0 Å². The van der Waals surface area contributed by atoms with Crippen molar-refractivity contribution in [3.63, 3.8) is 0 Å². The number of nitrogens with one attached hydrogen (secondary N) is 1. The molecule has 7 heteroatoms. The summed E-state index contributed by atoms with van der Waals surface area (Å²) in [5, 5.41) is 0. The SMILES string of the molecule is Cc1cc(Br)c(S(=O)(=O)Nc2ccc(F)cc2C)cc1Br. The van der Waals surface area contributed by atoms with E-state index in [0.29, 0.717) is 20.2 Å². The molecule has 3 nitrogen and oxygen atoms in total. The molecule has 0 saturated heterocycles. The minimum absolute atomic E-state index is 0.115. The Morgan fingerprint density at radius 3 is 2.29 bits per heavy atom. The lowest BCUT2D eigenvalue weighted by molar-refractivity contribution is 0.600. The fourth-order valence-corrected chi connectivity index (χ4v) is 4.58. The molecule has 0 aromatic heterocycles. The number of hydrogen-bond acceptors (Lipinski definition) is 2. The highest BCUT2D eigenvalue weighted by Gasteiger charge is 2.20. The van der Waals surface area contributed by atoms with Gasteiger partial charge in [0.15, 0.2) is 0 Å². The zero-order valence-corrected chi connectivity index (χ0v) is 15.2. The van der Waals surface area contributed by atoms with E-state index in [0.717, 1.165) is 5.56 Å². The summed E-state index contributed by atoms with van der Waals surface area (Å²) in [7, 11) is -3.77. The molecule has 0 spiro atoms. The highest BCUT2D eigenvalue weighted by molar-refractivity contribution is 9.11. The van der Waals surface area contributed by atoms with Crippen LogP contribution in [0.15, 0.2) is 44.2 Å². The lowest BCUT2D eigenvalue weighted by atomic mass is 10.2. The van der Waals surface area contributed by atoms with E-state index < -0.39 is 15.8 Å². The molecular formula is C14H12Br2FNO2S. The van der Waals surface area contributed by atoms with E-state index in [4.69, 9.17) is 0 Å². The fraction of sp³-hybridized carbons (Fsp3) is 0.143. The molecule has 2 aromatic rings. The summed E-state index contributed by atoms with van der Waals surface area (Å²) in [4.78, 5) is 0.115. The number of halogens is 3. The van der Waals surface area contributed by atoms with Crippen LogP contribution in [0.3, 0.4) is 0 Å². The Bertz CT molecular complexity index is 807. The zero-order valence-electron chi connectivity index (χ0n) is 11.2. The van der Waals surface area contributed by atoms with E-state index >= 15 is 0 Å². The van der Waals surface area contributed by atoms with Crippen LogP contribution >= 0.6 is 31.9 Å². The Balaban J connectivity index is 2.46. The van der Waals surface area contributed by atoms with Crippen LogP contribution in [0.2, 0.25) is 0 Å². The van der Waals surface area contributed by atoms with Gasteiger partial charge in [-0.2, -0.15) is 0 Å². The van der Waals surface area contributed by atoms with Crippen molar-refractivity contribution in [3.8, 4) is 0 Å². The molecule has 0 radical (unpaired) electrons. The van der Waals surface area contributed by atoms with Crippen molar-refractivity contribution in [1.29, 1.82) is 0 Å². The molecule has 112 valence electrons. The smallest absolute Gasteiger partial charge is 0.263 e. The number of aryl methyl sites for hydroxylation is 2. The average Bonchev–Trinajstić information content (AvgIpc) is 2.37. The molecule has 0 amide bonds. The summed E-state index contributed by atoms with van der Waals surface area (Å²) in [6, 6.07) is 7.14. The Labute approximate surface area is 139 Å². The maximum Gasteiger partial charge on any atom is 0.263 e. The second-order valence-corrected chi connectivity index (χ2v) is 7.96. The van der Waals surface area contributed by atoms with Gasteiger partial charge in [-0.25, -0.2) is 12.8 Å². The lowest BCUT2D eigenvalue weighted by Crippen LogP contribution is -2.14. The van der Waals surface area contributed by atoms with Gasteiger partial charge in [-0.05, 0) is 71.2 Å². The van der Waals surface area contributed by atoms with Crippen molar-refractivity contribution in [2.24, 2.45) is 0 Å². The molecule has 0 aliphatic heterocycles. The second kappa shape index (κ2) is 6.06. The molecule has 0 aliphatic rings. The monoisotopic (exact) mass is 435 g/mol. The quantitative estimate of drug-likeness (QED) is 0.753. The first-order valence-corrected chi connectivity index (χ1v) is 9.02. The molecule has 2 rings (SSSR count). The summed E-state index contributed by atoms with van der Waals surface area (Å²) >= 11 is 6.58. The van der Waals surface area contributed by atoms with E-state index in [9.17, 15) is 12.8 Å². The Hall–Kier alpha value is -0.920. The number of hydrogen-bond donors (Lipinski definition) is 1. The lowest BCUT2D eigenvalue weighted by Gasteiger charge is -2.13. The van der Waals surface area contributed by atoms with Gasteiger partial charge >= 0.3 is 0 Å². The van der Waals surface area contributed by atoms with Gasteiger partial charge in [0.1, 0.15) is 10.7 Å². The highest BCUT2D eigenvalue weighted by atomic mass is 79.9. The molecule has 0 unspecified atom stereocenters. The van der Waals surface area contributed by atoms with Crippen LogP contribution in [-0.4, -0.2) is 8.42 Å². The molecule has 0 heterocycles. The number of rotatable bonds is 3. The van der Waals surface area contributed by atoms with Crippen LogP contribution in [-0.2, 0) is 10.0 Å². The summed E-state index contributed by atoms with van der Waals surface area (Å²) in [5.41, 5.74) is 1.78. The van der Waals surface area contributed by atoms with E-state index in [1.54, 1.807) is 13.0 Å². The minimum atomic E-state index is -3.77. The van der Waals surface area contributed by atoms with Crippen molar-refractivity contribution in [2.45, 2.75) is 18.7 Å². The third-order valence-corrected chi connectivity index (χ3v) is 6.11. The van der Waals surface area contributed by atoms with E-state index in [2.05, 4.69) is 36.6 Å². The molecular weight excluding hydrogens is 425 g/mol. The Morgan fingerprint density at radius 1 is 1.00 bits per heavy atom. The van der Waals surface area contributed by atoms with Crippen LogP contribution < -0.4 is 4.72 Å².